The molecule has 0 saturated carbocycles. The standard InChI is InChI=1S/C14H23N3O2/c1-5-6-12-9-11(10-13(15-2)16-12)14(18)17(3)7-8-19-4/h9-10H,5-8H2,1-4H3,(H,15,16). The highest BCUT2D eigenvalue weighted by Crippen LogP contribution is 2.13. The molecule has 0 unspecified atom stereocenters. The number of nitrogens with zero attached hydrogens (tertiary/aromatic N) is 2. The maximum absolute atomic E-state index is 12.3. The Morgan fingerprint density at radius 3 is 2.79 bits per heavy atom. The van der Waals surface area contributed by atoms with Crippen LogP contribution in [0.3, 0.4) is 0 Å². The third-order valence-electron chi connectivity index (χ3n) is 2.87. The smallest absolute Gasteiger partial charge is 0.253 e. The van der Waals surface area contributed by atoms with E-state index >= 15 is 0 Å². The summed E-state index contributed by atoms with van der Waals surface area (Å²) in [7, 11) is 5.21. The first-order valence-corrected chi connectivity index (χ1v) is 6.55. The summed E-state index contributed by atoms with van der Waals surface area (Å²) in [6, 6.07) is 3.65. The van der Waals surface area contributed by atoms with Crippen molar-refractivity contribution in [3.05, 3.63) is 23.4 Å². The highest BCUT2D eigenvalue weighted by Gasteiger charge is 2.13. The summed E-state index contributed by atoms with van der Waals surface area (Å²) >= 11 is 0. The molecule has 0 fully saturated rings. The first kappa shape index (κ1) is 15.4. The number of aromatic nitrogens is 1. The lowest BCUT2D eigenvalue weighted by molar-refractivity contribution is 0.0744. The third-order valence-corrected chi connectivity index (χ3v) is 2.87. The summed E-state index contributed by atoms with van der Waals surface area (Å²) < 4.78 is 4.99. The van der Waals surface area contributed by atoms with Crippen LogP contribution in [0, 0.1) is 0 Å². The number of carbonyl (C=O) groups excluding carboxylic acids is 1. The van der Waals surface area contributed by atoms with Crippen molar-refractivity contribution in [2.45, 2.75) is 19.8 Å². The Bertz CT molecular complexity index is 421. The lowest BCUT2D eigenvalue weighted by Gasteiger charge is -2.17. The molecule has 19 heavy (non-hydrogen) atoms. The van der Waals surface area contributed by atoms with Crippen LogP contribution >= 0.6 is 0 Å². The number of likely N-dealkylation sites (N-methyl/N-ethyl adjacent to an activating group) is 1. The molecule has 1 aromatic heterocycles. The Morgan fingerprint density at radius 1 is 1.47 bits per heavy atom. The van der Waals surface area contributed by atoms with Gasteiger partial charge in [-0.2, -0.15) is 0 Å². The lowest BCUT2D eigenvalue weighted by Crippen LogP contribution is -2.30. The van der Waals surface area contributed by atoms with Crippen molar-refractivity contribution in [2.75, 3.05) is 39.7 Å². The summed E-state index contributed by atoms with van der Waals surface area (Å²) in [4.78, 5) is 18.4. The second kappa shape index (κ2) is 7.74. The summed E-state index contributed by atoms with van der Waals surface area (Å²) in [5.74, 6) is 0.725. The highest BCUT2D eigenvalue weighted by atomic mass is 16.5. The van der Waals surface area contributed by atoms with Gasteiger partial charge in [-0.05, 0) is 18.6 Å². The van der Waals surface area contributed by atoms with Crippen LogP contribution in [0.2, 0.25) is 0 Å². The molecule has 1 aromatic rings. The Kier molecular flexibility index (Phi) is 6.29. The molecule has 1 amide bonds. The summed E-state index contributed by atoms with van der Waals surface area (Å²) in [5, 5.41) is 3.00. The van der Waals surface area contributed by atoms with Crippen molar-refractivity contribution in [2.24, 2.45) is 0 Å². The van der Waals surface area contributed by atoms with E-state index in [0.717, 1.165) is 24.4 Å². The number of hydrogen-bond acceptors (Lipinski definition) is 4. The van der Waals surface area contributed by atoms with Crippen molar-refractivity contribution >= 4 is 11.7 Å². The van der Waals surface area contributed by atoms with Crippen LogP contribution < -0.4 is 5.32 Å². The number of amides is 1. The van der Waals surface area contributed by atoms with E-state index in [1.807, 2.05) is 6.07 Å². The Hall–Kier alpha value is -1.62. The number of rotatable bonds is 7. The molecule has 0 saturated heterocycles. The van der Waals surface area contributed by atoms with Crippen LogP contribution in [0.15, 0.2) is 12.1 Å². The zero-order valence-electron chi connectivity index (χ0n) is 12.2. The molecule has 0 aliphatic heterocycles. The maximum Gasteiger partial charge on any atom is 0.253 e. The van der Waals surface area contributed by atoms with Gasteiger partial charge < -0.3 is 15.0 Å². The van der Waals surface area contributed by atoms with Gasteiger partial charge in [0, 0.05) is 39.0 Å². The van der Waals surface area contributed by atoms with Gasteiger partial charge in [0.15, 0.2) is 0 Å². The number of aryl methyl sites for hydroxylation is 1. The van der Waals surface area contributed by atoms with E-state index < -0.39 is 0 Å². The molecule has 0 atom stereocenters. The molecular formula is C14H23N3O2. The highest BCUT2D eigenvalue weighted by molar-refractivity contribution is 5.94. The van der Waals surface area contributed by atoms with E-state index in [2.05, 4.69) is 17.2 Å². The predicted octanol–water partition coefficient (Wildman–Crippen LogP) is 1.79. The minimum absolute atomic E-state index is 0.00620. The fourth-order valence-electron chi connectivity index (χ4n) is 1.77. The van der Waals surface area contributed by atoms with Crippen molar-refractivity contribution in [1.82, 2.24) is 9.88 Å². The van der Waals surface area contributed by atoms with E-state index in [9.17, 15) is 4.79 Å². The minimum Gasteiger partial charge on any atom is -0.383 e. The molecule has 106 valence electrons. The van der Waals surface area contributed by atoms with Crippen molar-refractivity contribution in [3.8, 4) is 0 Å². The van der Waals surface area contributed by atoms with Gasteiger partial charge in [0.2, 0.25) is 0 Å². The number of pyridine rings is 1. The summed E-state index contributed by atoms with van der Waals surface area (Å²) in [6.07, 6.45) is 1.88. The number of ether oxygens (including phenoxy) is 1. The molecular weight excluding hydrogens is 242 g/mol. The van der Waals surface area contributed by atoms with Gasteiger partial charge in [-0.3, -0.25) is 4.79 Å². The van der Waals surface area contributed by atoms with Gasteiger partial charge in [0.1, 0.15) is 5.82 Å². The Labute approximate surface area is 115 Å². The molecule has 0 aromatic carbocycles. The van der Waals surface area contributed by atoms with Gasteiger partial charge in [0.05, 0.1) is 6.61 Å². The van der Waals surface area contributed by atoms with E-state index in [4.69, 9.17) is 4.74 Å². The molecule has 1 heterocycles. The van der Waals surface area contributed by atoms with Crippen LogP contribution in [0.4, 0.5) is 5.82 Å². The minimum atomic E-state index is -0.00620. The summed E-state index contributed by atoms with van der Waals surface area (Å²) in [5.41, 5.74) is 1.61. The topological polar surface area (TPSA) is 54.5 Å². The van der Waals surface area contributed by atoms with Crippen LogP contribution in [0.1, 0.15) is 29.4 Å². The SMILES string of the molecule is CCCc1cc(C(=O)N(C)CCOC)cc(NC)n1. The third kappa shape index (κ3) is 4.52. The largest absolute Gasteiger partial charge is 0.383 e. The quantitative estimate of drug-likeness (QED) is 0.816. The molecule has 0 radical (unpaired) electrons. The second-order valence-electron chi connectivity index (χ2n) is 4.45. The van der Waals surface area contributed by atoms with E-state index in [-0.39, 0.29) is 5.91 Å². The van der Waals surface area contributed by atoms with E-state index in [0.29, 0.717) is 18.7 Å². The molecule has 0 aliphatic rings. The fraction of sp³-hybridized carbons (Fsp3) is 0.571. The van der Waals surface area contributed by atoms with Crippen LogP contribution in [-0.4, -0.2) is 50.1 Å². The number of hydrogen-bond donors (Lipinski definition) is 1. The molecule has 0 bridgehead atoms. The second-order valence-corrected chi connectivity index (χ2v) is 4.45. The average molecular weight is 265 g/mol. The first-order chi connectivity index (χ1) is 9.12. The van der Waals surface area contributed by atoms with Crippen molar-refractivity contribution in [3.63, 3.8) is 0 Å². The van der Waals surface area contributed by atoms with Gasteiger partial charge in [-0.1, -0.05) is 13.3 Å². The molecule has 1 N–H and O–H groups in total. The average Bonchev–Trinajstić information content (AvgIpc) is 2.43. The maximum atomic E-state index is 12.3. The zero-order valence-corrected chi connectivity index (χ0v) is 12.2. The van der Waals surface area contributed by atoms with E-state index in [1.54, 1.807) is 32.2 Å². The number of anilines is 1. The van der Waals surface area contributed by atoms with E-state index in [1.165, 1.54) is 0 Å². The van der Waals surface area contributed by atoms with Gasteiger partial charge >= 0.3 is 0 Å². The van der Waals surface area contributed by atoms with Crippen LogP contribution in [-0.2, 0) is 11.2 Å². The Morgan fingerprint density at radius 2 is 2.21 bits per heavy atom. The molecule has 1 rings (SSSR count). The lowest BCUT2D eigenvalue weighted by atomic mass is 10.1. The van der Waals surface area contributed by atoms with Crippen LogP contribution in [0.5, 0.6) is 0 Å². The predicted molar refractivity (Wildman–Crippen MR) is 76.6 cm³/mol. The molecule has 5 heteroatoms. The van der Waals surface area contributed by atoms with Gasteiger partial charge in [0.25, 0.3) is 5.91 Å². The monoisotopic (exact) mass is 265 g/mol. The molecule has 5 nitrogen and oxygen atoms in total. The van der Waals surface area contributed by atoms with Crippen LogP contribution in [0.25, 0.3) is 0 Å². The van der Waals surface area contributed by atoms with Gasteiger partial charge in [-0.25, -0.2) is 4.98 Å². The summed E-state index contributed by atoms with van der Waals surface area (Å²) in [6.45, 7) is 3.21. The number of nitrogens with one attached hydrogen (secondary N) is 1. The number of carbonyl (C=O) groups is 1. The fourth-order valence-corrected chi connectivity index (χ4v) is 1.77. The first-order valence-electron chi connectivity index (χ1n) is 6.55. The normalized spacial score (nSPS) is 10.3. The van der Waals surface area contributed by atoms with Crippen molar-refractivity contribution in [1.29, 1.82) is 0 Å². The Balaban J connectivity index is 2.91. The zero-order chi connectivity index (χ0) is 14.3. The molecule has 0 spiro atoms. The molecule has 0 aliphatic carbocycles. The van der Waals surface area contributed by atoms with Crippen molar-refractivity contribution < 1.29 is 9.53 Å². The number of methoxy groups -OCH3 is 1. The van der Waals surface area contributed by atoms with Gasteiger partial charge in [-0.15, -0.1) is 0 Å².